The van der Waals surface area contributed by atoms with E-state index in [1.165, 1.54) is 30.3 Å². The first-order valence-electron chi connectivity index (χ1n) is 7.38. The molecule has 0 amide bonds. The van der Waals surface area contributed by atoms with Crippen LogP contribution in [-0.2, 0) is 0 Å². The fraction of sp³-hybridized carbons (Fsp3) is 0.235. The summed E-state index contributed by atoms with van der Waals surface area (Å²) >= 11 is 0. The predicted molar refractivity (Wildman–Crippen MR) is 84.9 cm³/mol. The molecule has 2 atom stereocenters. The molecule has 0 bridgehead atoms. The van der Waals surface area contributed by atoms with Crippen LogP contribution in [0.4, 0.5) is 15.8 Å². The van der Waals surface area contributed by atoms with Crippen LogP contribution in [0, 0.1) is 27.3 Å². The molecule has 2 unspecified atom stereocenters. The molecule has 0 saturated carbocycles. The maximum atomic E-state index is 13.5. The summed E-state index contributed by atoms with van der Waals surface area (Å²) in [7, 11) is 0. The molecule has 1 N–H and O–H groups in total. The number of nitro benzene ring substituents is 1. The van der Waals surface area contributed by atoms with E-state index in [9.17, 15) is 19.6 Å². The van der Waals surface area contributed by atoms with Crippen molar-refractivity contribution in [3.8, 4) is 6.07 Å². The first kappa shape index (κ1) is 15.9. The number of aliphatic hydroxyl groups excluding tert-OH is 1. The molecule has 1 aliphatic heterocycles. The summed E-state index contributed by atoms with van der Waals surface area (Å²) in [6.45, 7) is 0.202. The van der Waals surface area contributed by atoms with E-state index in [4.69, 9.17) is 5.26 Å². The number of hydrogen-bond donors (Lipinski definition) is 1. The number of rotatable bonds is 3. The second-order valence-corrected chi connectivity index (χ2v) is 5.69. The molecule has 1 aliphatic rings. The molecule has 7 heteroatoms. The molecule has 2 aromatic rings. The Kier molecular flexibility index (Phi) is 4.15. The van der Waals surface area contributed by atoms with Gasteiger partial charge in [0.05, 0.1) is 28.7 Å². The number of aliphatic hydroxyl groups is 1. The average Bonchev–Trinajstić information content (AvgIpc) is 2.96. The van der Waals surface area contributed by atoms with Crippen molar-refractivity contribution in [2.24, 2.45) is 0 Å². The molecule has 122 valence electrons. The van der Waals surface area contributed by atoms with E-state index in [1.807, 2.05) is 6.07 Å². The molecular formula is C17H14FN3O3. The molecule has 2 aromatic carbocycles. The molecule has 0 aromatic heterocycles. The minimum absolute atomic E-state index is 0.188. The van der Waals surface area contributed by atoms with Crippen molar-refractivity contribution in [1.82, 2.24) is 0 Å². The molecule has 0 aliphatic carbocycles. The third-order valence-corrected chi connectivity index (χ3v) is 4.12. The van der Waals surface area contributed by atoms with Crippen LogP contribution >= 0.6 is 0 Å². The summed E-state index contributed by atoms with van der Waals surface area (Å²) in [5.41, 5.74) is 0.937. The summed E-state index contributed by atoms with van der Waals surface area (Å²) in [4.78, 5) is 12.5. The van der Waals surface area contributed by atoms with Crippen molar-refractivity contribution in [2.45, 2.75) is 18.6 Å². The Morgan fingerprint density at radius 1 is 1.33 bits per heavy atom. The number of nitrogens with zero attached hydrogens (tertiary/aromatic N) is 3. The minimum atomic E-state index is -0.673. The fourth-order valence-corrected chi connectivity index (χ4v) is 3.09. The number of benzene rings is 2. The van der Waals surface area contributed by atoms with E-state index in [1.54, 1.807) is 17.0 Å². The zero-order valence-electron chi connectivity index (χ0n) is 12.6. The highest BCUT2D eigenvalue weighted by Gasteiger charge is 2.35. The van der Waals surface area contributed by atoms with Gasteiger partial charge in [-0.05, 0) is 36.2 Å². The molecule has 0 spiro atoms. The van der Waals surface area contributed by atoms with Gasteiger partial charge in [-0.2, -0.15) is 5.26 Å². The topological polar surface area (TPSA) is 90.4 Å². The quantitative estimate of drug-likeness (QED) is 0.691. The Hall–Kier alpha value is -2.98. The molecule has 1 heterocycles. The van der Waals surface area contributed by atoms with Gasteiger partial charge in [0.25, 0.3) is 5.69 Å². The Bertz CT molecular complexity index is 834. The Labute approximate surface area is 137 Å². The van der Waals surface area contributed by atoms with Crippen molar-refractivity contribution in [3.05, 3.63) is 69.5 Å². The highest BCUT2D eigenvalue weighted by Crippen LogP contribution is 2.40. The first-order chi connectivity index (χ1) is 11.5. The summed E-state index contributed by atoms with van der Waals surface area (Å²) in [5, 5.41) is 30.3. The molecular weight excluding hydrogens is 313 g/mol. The lowest BCUT2D eigenvalue weighted by atomic mass is 10.0. The zero-order chi connectivity index (χ0) is 17.3. The van der Waals surface area contributed by atoms with E-state index in [0.29, 0.717) is 17.7 Å². The van der Waals surface area contributed by atoms with Crippen LogP contribution in [-0.4, -0.2) is 22.7 Å². The summed E-state index contributed by atoms with van der Waals surface area (Å²) in [6.07, 6.45) is -0.325. The summed E-state index contributed by atoms with van der Waals surface area (Å²) in [5.74, 6) is -0.400. The third kappa shape index (κ3) is 2.92. The molecule has 6 nitrogen and oxygen atoms in total. The van der Waals surface area contributed by atoms with E-state index in [2.05, 4.69) is 0 Å². The van der Waals surface area contributed by atoms with Crippen molar-refractivity contribution < 1.29 is 14.4 Å². The summed E-state index contributed by atoms with van der Waals surface area (Å²) < 4.78 is 13.5. The van der Waals surface area contributed by atoms with Crippen molar-refractivity contribution in [1.29, 1.82) is 5.26 Å². The largest absolute Gasteiger partial charge is 0.391 e. The normalized spacial score (nSPS) is 20.0. The molecule has 1 saturated heterocycles. The molecule has 24 heavy (non-hydrogen) atoms. The minimum Gasteiger partial charge on any atom is -0.391 e. The van der Waals surface area contributed by atoms with Gasteiger partial charge in [-0.1, -0.05) is 12.1 Å². The predicted octanol–water partition coefficient (Wildman–Crippen LogP) is 2.92. The first-order valence-corrected chi connectivity index (χ1v) is 7.38. The maximum Gasteiger partial charge on any atom is 0.293 e. The van der Waals surface area contributed by atoms with Crippen LogP contribution in [0.25, 0.3) is 0 Å². The van der Waals surface area contributed by atoms with Crippen LogP contribution < -0.4 is 4.90 Å². The fourth-order valence-electron chi connectivity index (χ4n) is 3.09. The van der Waals surface area contributed by atoms with Gasteiger partial charge in [0.1, 0.15) is 11.5 Å². The standard InChI is InChI=1S/C17H14FN3O3/c18-13-3-1-2-12(7-13)16-8-14(22)10-20(16)15-5-4-11(9-19)6-17(15)21(23)24/h1-7,14,16,22H,8,10H2. The number of nitro groups is 1. The maximum absolute atomic E-state index is 13.5. The lowest BCUT2D eigenvalue weighted by molar-refractivity contribution is -0.384. The molecule has 3 rings (SSSR count). The van der Waals surface area contributed by atoms with Crippen molar-refractivity contribution in [2.75, 3.05) is 11.4 Å². The van der Waals surface area contributed by atoms with Gasteiger partial charge in [0, 0.05) is 12.6 Å². The molecule has 1 fully saturated rings. The number of nitriles is 1. The Morgan fingerprint density at radius 3 is 2.79 bits per heavy atom. The average molecular weight is 327 g/mol. The second-order valence-electron chi connectivity index (χ2n) is 5.69. The highest BCUT2D eigenvalue weighted by molar-refractivity contribution is 5.67. The van der Waals surface area contributed by atoms with Gasteiger partial charge >= 0.3 is 0 Å². The van der Waals surface area contributed by atoms with Crippen LogP contribution in [0.3, 0.4) is 0 Å². The van der Waals surface area contributed by atoms with Crippen LogP contribution in [0.1, 0.15) is 23.6 Å². The van der Waals surface area contributed by atoms with Gasteiger partial charge in [-0.25, -0.2) is 4.39 Å². The monoisotopic (exact) mass is 327 g/mol. The van der Waals surface area contributed by atoms with E-state index >= 15 is 0 Å². The number of halogens is 1. The lowest BCUT2D eigenvalue weighted by Crippen LogP contribution is -2.25. The highest BCUT2D eigenvalue weighted by atomic mass is 19.1. The third-order valence-electron chi connectivity index (χ3n) is 4.12. The van der Waals surface area contributed by atoms with E-state index < -0.39 is 16.8 Å². The SMILES string of the molecule is N#Cc1ccc(N2CC(O)CC2c2cccc(F)c2)c([N+](=O)[O-])c1. The van der Waals surface area contributed by atoms with Crippen molar-refractivity contribution in [3.63, 3.8) is 0 Å². The van der Waals surface area contributed by atoms with Gasteiger partial charge in [0.15, 0.2) is 0 Å². The van der Waals surface area contributed by atoms with E-state index in [0.717, 1.165) is 0 Å². The van der Waals surface area contributed by atoms with Crippen LogP contribution in [0.2, 0.25) is 0 Å². The van der Waals surface area contributed by atoms with Crippen LogP contribution in [0.15, 0.2) is 42.5 Å². The number of anilines is 1. The smallest absolute Gasteiger partial charge is 0.293 e. The zero-order valence-corrected chi connectivity index (χ0v) is 12.6. The van der Waals surface area contributed by atoms with Gasteiger partial charge < -0.3 is 10.0 Å². The van der Waals surface area contributed by atoms with Gasteiger partial charge in [0.2, 0.25) is 0 Å². The lowest BCUT2D eigenvalue weighted by Gasteiger charge is -2.26. The second kappa shape index (κ2) is 6.26. The number of hydrogen-bond acceptors (Lipinski definition) is 5. The Balaban J connectivity index is 2.07. The summed E-state index contributed by atoms with van der Waals surface area (Å²) in [6, 6.07) is 11.7. The molecule has 0 radical (unpaired) electrons. The number of β-amino-alcohol motifs (C(OH)–C–C–N with tert-alkyl or cyclic N) is 1. The van der Waals surface area contributed by atoms with Gasteiger partial charge in [-0.3, -0.25) is 10.1 Å². The van der Waals surface area contributed by atoms with Crippen molar-refractivity contribution >= 4 is 11.4 Å². The van der Waals surface area contributed by atoms with Gasteiger partial charge in [-0.15, -0.1) is 0 Å². The van der Waals surface area contributed by atoms with Crippen LogP contribution in [0.5, 0.6) is 0 Å². The van der Waals surface area contributed by atoms with E-state index in [-0.39, 0.29) is 23.8 Å². The Morgan fingerprint density at radius 2 is 2.12 bits per heavy atom.